The van der Waals surface area contributed by atoms with Crippen LogP contribution in [0.1, 0.15) is 13.3 Å². The van der Waals surface area contributed by atoms with Crippen LogP contribution in [0, 0.1) is 0 Å². The van der Waals surface area contributed by atoms with E-state index in [0.717, 1.165) is 22.7 Å². The number of ether oxygens (including phenoxy) is 2. The number of halogens is 1. The van der Waals surface area contributed by atoms with E-state index in [-0.39, 0.29) is 18.3 Å². The standard InChI is InChI=1S/C19H17ClN2O3/c1-3-19(23)25-18-12-17(13-4-6-14(20)7-5-13)22(21-18)15-8-10-16(24-2)11-9-15/h4-12H,3H2,1-2H3. The molecule has 0 aliphatic carbocycles. The third-order valence-electron chi connectivity index (χ3n) is 3.65. The van der Waals surface area contributed by atoms with Gasteiger partial charge in [0.05, 0.1) is 18.5 Å². The Labute approximate surface area is 150 Å². The van der Waals surface area contributed by atoms with E-state index in [9.17, 15) is 4.79 Å². The minimum Gasteiger partial charge on any atom is -0.497 e. The Morgan fingerprint density at radius 3 is 2.40 bits per heavy atom. The Balaban J connectivity index is 2.06. The van der Waals surface area contributed by atoms with E-state index in [2.05, 4.69) is 5.10 Å². The van der Waals surface area contributed by atoms with Gasteiger partial charge in [0.1, 0.15) is 5.75 Å². The molecule has 0 aliphatic rings. The maximum atomic E-state index is 11.6. The summed E-state index contributed by atoms with van der Waals surface area (Å²) in [5.74, 6) is 0.677. The number of hydrogen-bond donors (Lipinski definition) is 0. The first kappa shape index (κ1) is 17.0. The van der Waals surface area contributed by atoms with Crippen LogP contribution in [-0.4, -0.2) is 22.9 Å². The number of methoxy groups -OCH3 is 1. The first-order chi connectivity index (χ1) is 12.1. The number of carbonyl (C=O) groups is 1. The van der Waals surface area contributed by atoms with Crippen molar-refractivity contribution in [3.8, 4) is 28.6 Å². The van der Waals surface area contributed by atoms with Crippen LogP contribution in [0.4, 0.5) is 0 Å². The van der Waals surface area contributed by atoms with Crippen LogP contribution in [0.25, 0.3) is 16.9 Å². The number of rotatable bonds is 5. The zero-order valence-electron chi connectivity index (χ0n) is 13.9. The van der Waals surface area contributed by atoms with Crippen molar-refractivity contribution in [3.05, 3.63) is 59.6 Å². The van der Waals surface area contributed by atoms with Crippen LogP contribution in [0.5, 0.6) is 11.6 Å². The van der Waals surface area contributed by atoms with Crippen molar-refractivity contribution in [3.63, 3.8) is 0 Å². The summed E-state index contributed by atoms with van der Waals surface area (Å²) in [5.41, 5.74) is 2.52. The van der Waals surface area contributed by atoms with Crippen LogP contribution in [-0.2, 0) is 4.79 Å². The molecule has 0 atom stereocenters. The fraction of sp³-hybridized carbons (Fsp3) is 0.158. The molecule has 0 unspecified atom stereocenters. The molecule has 1 aromatic heterocycles. The highest BCUT2D eigenvalue weighted by Gasteiger charge is 2.14. The molecule has 0 saturated heterocycles. The van der Waals surface area contributed by atoms with Gasteiger partial charge >= 0.3 is 5.97 Å². The minimum absolute atomic E-state index is 0.257. The maximum Gasteiger partial charge on any atom is 0.312 e. The summed E-state index contributed by atoms with van der Waals surface area (Å²) in [4.78, 5) is 11.6. The molecule has 3 rings (SSSR count). The Hall–Kier alpha value is -2.79. The highest BCUT2D eigenvalue weighted by molar-refractivity contribution is 6.30. The quantitative estimate of drug-likeness (QED) is 0.631. The first-order valence-electron chi connectivity index (χ1n) is 7.82. The monoisotopic (exact) mass is 356 g/mol. The lowest BCUT2D eigenvalue weighted by Crippen LogP contribution is -2.06. The van der Waals surface area contributed by atoms with Gasteiger partial charge in [-0.15, -0.1) is 5.10 Å². The van der Waals surface area contributed by atoms with Gasteiger partial charge < -0.3 is 9.47 Å². The van der Waals surface area contributed by atoms with E-state index in [4.69, 9.17) is 21.1 Å². The van der Waals surface area contributed by atoms with Gasteiger partial charge in [-0.25, -0.2) is 4.68 Å². The highest BCUT2D eigenvalue weighted by Crippen LogP contribution is 2.29. The van der Waals surface area contributed by atoms with Gasteiger partial charge in [-0.1, -0.05) is 30.7 Å². The molecule has 1 heterocycles. The van der Waals surface area contributed by atoms with E-state index in [1.54, 1.807) is 36.9 Å². The largest absolute Gasteiger partial charge is 0.497 e. The molecule has 128 valence electrons. The molecule has 0 bridgehead atoms. The number of nitrogens with zero attached hydrogens (tertiary/aromatic N) is 2. The van der Waals surface area contributed by atoms with Crippen LogP contribution in [0.2, 0.25) is 5.02 Å². The molecule has 0 spiro atoms. The van der Waals surface area contributed by atoms with E-state index in [1.165, 1.54) is 0 Å². The lowest BCUT2D eigenvalue weighted by atomic mass is 10.1. The third-order valence-corrected chi connectivity index (χ3v) is 3.90. The summed E-state index contributed by atoms with van der Waals surface area (Å²) in [6.45, 7) is 1.74. The van der Waals surface area contributed by atoms with Gasteiger partial charge in [-0.05, 0) is 36.4 Å². The topological polar surface area (TPSA) is 53.4 Å². The molecular formula is C19H17ClN2O3. The smallest absolute Gasteiger partial charge is 0.312 e. The van der Waals surface area contributed by atoms with E-state index in [0.29, 0.717) is 5.02 Å². The van der Waals surface area contributed by atoms with Crippen molar-refractivity contribution >= 4 is 17.6 Å². The summed E-state index contributed by atoms with van der Waals surface area (Å²) in [7, 11) is 1.62. The summed E-state index contributed by atoms with van der Waals surface area (Å²) in [6, 6.07) is 16.6. The molecule has 0 amide bonds. The average Bonchev–Trinajstić information content (AvgIpc) is 3.06. The van der Waals surface area contributed by atoms with E-state index >= 15 is 0 Å². The van der Waals surface area contributed by atoms with Crippen LogP contribution < -0.4 is 9.47 Å². The molecule has 0 saturated carbocycles. The van der Waals surface area contributed by atoms with Gasteiger partial charge in [0, 0.05) is 23.1 Å². The summed E-state index contributed by atoms with van der Waals surface area (Å²) in [5, 5.41) is 5.07. The second-order valence-corrected chi connectivity index (χ2v) is 5.75. The number of carbonyl (C=O) groups excluding carboxylic acids is 1. The minimum atomic E-state index is -0.331. The molecule has 2 aromatic carbocycles. The molecule has 0 radical (unpaired) electrons. The second-order valence-electron chi connectivity index (χ2n) is 5.31. The molecule has 3 aromatic rings. The first-order valence-corrected chi connectivity index (χ1v) is 8.19. The summed E-state index contributed by atoms with van der Waals surface area (Å²) in [6.07, 6.45) is 0.283. The van der Waals surface area contributed by atoms with Gasteiger partial charge in [0.15, 0.2) is 0 Å². The Morgan fingerprint density at radius 2 is 1.80 bits per heavy atom. The number of esters is 1. The van der Waals surface area contributed by atoms with Gasteiger partial charge in [0.25, 0.3) is 0 Å². The van der Waals surface area contributed by atoms with Gasteiger partial charge in [-0.2, -0.15) is 0 Å². The Bertz CT molecular complexity index is 871. The average molecular weight is 357 g/mol. The molecule has 0 aliphatic heterocycles. The van der Waals surface area contributed by atoms with Crippen molar-refractivity contribution in [2.75, 3.05) is 7.11 Å². The zero-order valence-corrected chi connectivity index (χ0v) is 14.7. The van der Waals surface area contributed by atoms with Crippen molar-refractivity contribution in [2.24, 2.45) is 0 Å². The molecule has 5 nitrogen and oxygen atoms in total. The van der Waals surface area contributed by atoms with Crippen molar-refractivity contribution in [2.45, 2.75) is 13.3 Å². The van der Waals surface area contributed by atoms with Crippen LogP contribution >= 0.6 is 11.6 Å². The SMILES string of the molecule is CCC(=O)Oc1cc(-c2ccc(Cl)cc2)n(-c2ccc(OC)cc2)n1. The molecule has 0 fully saturated rings. The van der Waals surface area contributed by atoms with Crippen molar-refractivity contribution in [1.82, 2.24) is 9.78 Å². The molecular weight excluding hydrogens is 340 g/mol. The van der Waals surface area contributed by atoms with Gasteiger partial charge in [-0.3, -0.25) is 4.79 Å². The molecule has 6 heteroatoms. The van der Waals surface area contributed by atoms with E-state index in [1.807, 2.05) is 36.4 Å². The maximum absolute atomic E-state index is 11.6. The summed E-state index contributed by atoms with van der Waals surface area (Å²) >= 11 is 5.98. The highest BCUT2D eigenvalue weighted by atomic mass is 35.5. The number of hydrogen-bond acceptors (Lipinski definition) is 4. The molecule has 25 heavy (non-hydrogen) atoms. The Morgan fingerprint density at radius 1 is 1.12 bits per heavy atom. The number of benzene rings is 2. The van der Waals surface area contributed by atoms with Gasteiger partial charge in [0.2, 0.25) is 5.88 Å². The lowest BCUT2D eigenvalue weighted by Gasteiger charge is -2.08. The number of aromatic nitrogens is 2. The fourth-order valence-corrected chi connectivity index (χ4v) is 2.47. The predicted molar refractivity (Wildman–Crippen MR) is 96.5 cm³/mol. The molecule has 0 N–H and O–H groups in total. The second kappa shape index (κ2) is 7.40. The Kier molecular flexibility index (Phi) is 5.05. The van der Waals surface area contributed by atoms with E-state index < -0.39 is 0 Å². The lowest BCUT2D eigenvalue weighted by molar-refractivity contribution is -0.134. The summed E-state index contributed by atoms with van der Waals surface area (Å²) < 4.78 is 12.2. The predicted octanol–water partition coefficient (Wildman–Crippen LogP) is 4.52. The van der Waals surface area contributed by atoms with Crippen LogP contribution in [0.3, 0.4) is 0 Å². The van der Waals surface area contributed by atoms with Crippen LogP contribution in [0.15, 0.2) is 54.6 Å². The zero-order chi connectivity index (χ0) is 17.8. The third kappa shape index (κ3) is 3.83. The van der Waals surface area contributed by atoms with Crippen molar-refractivity contribution in [1.29, 1.82) is 0 Å². The fourth-order valence-electron chi connectivity index (χ4n) is 2.34. The normalized spacial score (nSPS) is 10.5. The van der Waals surface area contributed by atoms with Crippen molar-refractivity contribution < 1.29 is 14.3 Å².